The maximum absolute atomic E-state index is 6.09. The highest BCUT2D eigenvalue weighted by molar-refractivity contribution is 6.30. The molecule has 2 rings (SSSR count). The van der Waals surface area contributed by atoms with Crippen LogP contribution in [-0.2, 0) is 0 Å². The Morgan fingerprint density at radius 3 is 2.83 bits per heavy atom. The highest BCUT2D eigenvalue weighted by Gasteiger charge is 2.22. The molecule has 18 heavy (non-hydrogen) atoms. The van der Waals surface area contributed by atoms with Crippen LogP contribution in [0.5, 0.6) is 0 Å². The number of rotatable bonds is 4. The van der Waals surface area contributed by atoms with Crippen LogP contribution in [0.1, 0.15) is 18.0 Å². The molecular formula is C14H20ClN3. The minimum atomic E-state index is 0.281. The first-order valence-electron chi connectivity index (χ1n) is 6.33. The Bertz CT molecular complexity index is 414. The predicted molar refractivity (Wildman–Crippen MR) is 77.9 cm³/mol. The lowest BCUT2D eigenvalue weighted by atomic mass is 9.99. The van der Waals surface area contributed by atoms with Crippen molar-refractivity contribution < 1.29 is 0 Å². The maximum Gasteiger partial charge on any atom is 0.0410 e. The number of hydrogen-bond acceptors (Lipinski definition) is 3. The standard InChI is InChI=1S/C14H20ClN3/c1-2-3-14(18-8-6-17-7-9-18)12-10-11(15)4-5-13(12)16/h2,4-5,10,14,17H,1,3,6-9,16H2/t14-/m0/s1. The number of anilines is 1. The van der Waals surface area contributed by atoms with E-state index in [9.17, 15) is 0 Å². The molecule has 1 aromatic carbocycles. The van der Waals surface area contributed by atoms with Gasteiger partial charge in [-0.15, -0.1) is 6.58 Å². The van der Waals surface area contributed by atoms with Gasteiger partial charge in [0.05, 0.1) is 0 Å². The van der Waals surface area contributed by atoms with Crippen LogP contribution in [0.4, 0.5) is 5.69 Å². The third kappa shape index (κ3) is 3.05. The van der Waals surface area contributed by atoms with E-state index in [1.54, 1.807) is 0 Å². The average molecular weight is 266 g/mol. The van der Waals surface area contributed by atoms with Crippen molar-refractivity contribution in [3.63, 3.8) is 0 Å². The Labute approximate surface area is 114 Å². The summed E-state index contributed by atoms with van der Waals surface area (Å²) in [6.45, 7) is 7.97. The topological polar surface area (TPSA) is 41.3 Å². The number of halogens is 1. The summed E-state index contributed by atoms with van der Waals surface area (Å²) in [7, 11) is 0. The number of nitrogen functional groups attached to an aromatic ring is 1. The molecule has 1 heterocycles. The fraction of sp³-hybridized carbons (Fsp3) is 0.429. The van der Waals surface area contributed by atoms with E-state index in [0.717, 1.165) is 48.9 Å². The van der Waals surface area contributed by atoms with Crippen LogP contribution in [-0.4, -0.2) is 31.1 Å². The molecule has 3 nitrogen and oxygen atoms in total. The lowest BCUT2D eigenvalue weighted by molar-refractivity contribution is 0.175. The fourth-order valence-corrected chi connectivity index (χ4v) is 2.64. The average Bonchev–Trinajstić information content (AvgIpc) is 2.40. The van der Waals surface area contributed by atoms with E-state index in [1.165, 1.54) is 0 Å². The number of hydrogen-bond donors (Lipinski definition) is 2. The van der Waals surface area contributed by atoms with E-state index in [1.807, 2.05) is 24.3 Å². The van der Waals surface area contributed by atoms with Crippen molar-refractivity contribution in [2.45, 2.75) is 12.5 Å². The second-order valence-electron chi connectivity index (χ2n) is 4.60. The SMILES string of the molecule is C=CC[C@@H](c1cc(Cl)ccc1N)N1CCNCC1. The Kier molecular flexibility index (Phi) is 4.64. The lowest BCUT2D eigenvalue weighted by Crippen LogP contribution is -2.45. The van der Waals surface area contributed by atoms with Gasteiger partial charge in [-0.1, -0.05) is 17.7 Å². The van der Waals surface area contributed by atoms with Gasteiger partial charge in [-0.3, -0.25) is 4.90 Å². The molecule has 1 aliphatic heterocycles. The quantitative estimate of drug-likeness (QED) is 0.649. The first-order chi connectivity index (χ1) is 8.72. The second kappa shape index (κ2) is 6.23. The smallest absolute Gasteiger partial charge is 0.0410 e. The Hall–Kier alpha value is -1.03. The van der Waals surface area contributed by atoms with Crippen molar-refractivity contribution in [1.29, 1.82) is 0 Å². The molecule has 1 aromatic rings. The van der Waals surface area contributed by atoms with Crippen LogP contribution in [0.15, 0.2) is 30.9 Å². The molecular weight excluding hydrogens is 246 g/mol. The van der Waals surface area contributed by atoms with Crippen molar-refractivity contribution in [3.05, 3.63) is 41.4 Å². The van der Waals surface area contributed by atoms with Gasteiger partial charge < -0.3 is 11.1 Å². The summed E-state index contributed by atoms with van der Waals surface area (Å²) in [4.78, 5) is 2.44. The van der Waals surface area contributed by atoms with Crippen LogP contribution in [0.25, 0.3) is 0 Å². The number of piperazine rings is 1. The summed E-state index contributed by atoms with van der Waals surface area (Å²) >= 11 is 6.09. The molecule has 0 unspecified atom stereocenters. The van der Waals surface area contributed by atoms with Gasteiger partial charge in [-0.05, 0) is 30.2 Å². The molecule has 0 saturated carbocycles. The highest BCUT2D eigenvalue weighted by atomic mass is 35.5. The molecule has 0 aromatic heterocycles. The van der Waals surface area contributed by atoms with Gasteiger partial charge in [-0.25, -0.2) is 0 Å². The number of nitrogens with two attached hydrogens (primary N) is 1. The summed E-state index contributed by atoms with van der Waals surface area (Å²) in [5.41, 5.74) is 8.02. The van der Waals surface area contributed by atoms with Crippen molar-refractivity contribution in [2.75, 3.05) is 31.9 Å². The van der Waals surface area contributed by atoms with Crippen molar-refractivity contribution in [3.8, 4) is 0 Å². The number of nitrogens with one attached hydrogen (secondary N) is 1. The second-order valence-corrected chi connectivity index (χ2v) is 5.04. The molecule has 0 amide bonds. The van der Waals surface area contributed by atoms with Crippen LogP contribution in [0.2, 0.25) is 5.02 Å². The molecule has 1 saturated heterocycles. The summed E-state index contributed by atoms with van der Waals surface area (Å²) in [6.07, 6.45) is 2.84. The summed E-state index contributed by atoms with van der Waals surface area (Å²) in [5.74, 6) is 0. The first kappa shape index (κ1) is 13.4. The van der Waals surface area contributed by atoms with Crippen LogP contribution in [0, 0.1) is 0 Å². The Morgan fingerprint density at radius 1 is 1.44 bits per heavy atom. The number of benzene rings is 1. The van der Waals surface area contributed by atoms with E-state index >= 15 is 0 Å². The van der Waals surface area contributed by atoms with E-state index in [0.29, 0.717) is 0 Å². The minimum Gasteiger partial charge on any atom is -0.398 e. The summed E-state index contributed by atoms with van der Waals surface area (Å²) < 4.78 is 0. The third-order valence-electron chi connectivity index (χ3n) is 3.39. The van der Waals surface area contributed by atoms with Gasteiger partial charge in [0.25, 0.3) is 0 Å². The third-order valence-corrected chi connectivity index (χ3v) is 3.63. The molecule has 0 aliphatic carbocycles. The summed E-state index contributed by atoms with van der Waals surface area (Å²) in [5, 5.41) is 4.10. The van der Waals surface area contributed by atoms with E-state index < -0.39 is 0 Å². The zero-order chi connectivity index (χ0) is 13.0. The maximum atomic E-state index is 6.09. The Balaban J connectivity index is 2.27. The van der Waals surface area contributed by atoms with Crippen molar-refractivity contribution in [2.24, 2.45) is 0 Å². The van der Waals surface area contributed by atoms with E-state index in [2.05, 4.69) is 16.8 Å². The predicted octanol–water partition coefficient (Wildman–Crippen LogP) is 2.44. The molecule has 1 fully saturated rings. The van der Waals surface area contributed by atoms with Gasteiger partial charge in [0, 0.05) is 42.9 Å². The van der Waals surface area contributed by atoms with Crippen LogP contribution >= 0.6 is 11.6 Å². The fourth-order valence-electron chi connectivity index (χ4n) is 2.46. The Morgan fingerprint density at radius 2 is 2.17 bits per heavy atom. The van der Waals surface area contributed by atoms with E-state index in [4.69, 9.17) is 17.3 Å². The molecule has 0 spiro atoms. The van der Waals surface area contributed by atoms with Gasteiger partial charge in [-0.2, -0.15) is 0 Å². The lowest BCUT2D eigenvalue weighted by Gasteiger charge is -2.35. The largest absolute Gasteiger partial charge is 0.398 e. The first-order valence-corrected chi connectivity index (χ1v) is 6.70. The minimum absolute atomic E-state index is 0.281. The van der Waals surface area contributed by atoms with Gasteiger partial charge in [0.1, 0.15) is 0 Å². The molecule has 0 radical (unpaired) electrons. The van der Waals surface area contributed by atoms with Gasteiger partial charge in [0.2, 0.25) is 0 Å². The monoisotopic (exact) mass is 265 g/mol. The molecule has 98 valence electrons. The molecule has 3 N–H and O–H groups in total. The van der Waals surface area contributed by atoms with E-state index in [-0.39, 0.29) is 6.04 Å². The normalized spacial score (nSPS) is 18.5. The van der Waals surface area contributed by atoms with Crippen LogP contribution in [0.3, 0.4) is 0 Å². The van der Waals surface area contributed by atoms with Crippen molar-refractivity contribution >= 4 is 17.3 Å². The van der Waals surface area contributed by atoms with Crippen molar-refractivity contribution in [1.82, 2.24) is 10.2 Å². The molecule has 1 atom stereocenters. The number of nitrogens with zero attached hydrogens (tertiary/aromatic N) is 1. The summed E-state index contributed by atoms with van der Waals surface area (Å²) in [6, 6.07) is 5.98. The molecule has 1 aliphatic rings. The molecule has 4 heteroatoms. The highest BCUT2D eigenvalue weighted by Crippen LogP contribution is 2.31. The van der Waals surface area contributed by atoms with Gasteiger partial charge >= 0.3 is 0 Å². The zero-order valence-corrected chi connectivity index (χ0v) is 11.3. The molecule has 0 bridgehead atoms. The zero-order valence-electron chi connectivity index (χ0n) is 10.5. The van der Waals surface area contributed by atoms with Crippen LogP contribution < -0.4 is 11.1 Å². The van der Waals surface area contributed by atoms with Gasteiger partial charge in [0.15, 0.2) is 0 Å².